The number of anilines is 1. The number of nitro groups is 1. The van der Waals surface area contributed by atoms with E-state index in [0.717, 1.165) is 5.56 Å². The van der Waals surface area contributed by atoms with Crippen LogP contribution < -0.4 is 10.6 Å². The molecule has 0 bridgehead atoms. The maximum atomic E-state index is 12.4. The topological polar surface area (TPSA) is 115 Å². The van der Waals surface area contributed by atoms with E-state index in [9.17, 15) is 14.9 Å². The highest BCUT2D eigenvalue weighted by Gasteiger charge is 2.17. The molecule has 1 aromatic heterocycles. The van der Waals surface area contributed by atoms with Crippen molar-refractivity contribution in [2.45, 2.75) is 17.5 Å². The monoisotopic (exact) mass is 528 g/mol. The van der Waals surface area contributed by atoms with E-state index in [-0.39, 0.29) is 12.2 Å². The summed E-state index contributed by atoms with van der Waals surface area (Å²) in [5, 5.41) is 26.3. The van der Waals surface area contributed by atoms with Crippen molar-refractivity contribution in [2.75, 3.05) is 5.32 Å². The Kier molecular flexibility index (Phi) is 7.86. The van der Waals surface area contributed by atoms with Crippen LogP contribution in [0.25, 0.3) is 5.69 Å². The number of aromatic nitrogens is 3. The SMILES string of the molecule is O=C(NCc1nnc(SCc2ccccc2)n1-c1ccc([N+](=O)[O-])cc1)Nc1ccc(Cl)c(Cl)c1. The number of nitro benzene ring substituents is 1. The van der Waals surface area contributed by atoms with E-state index in [1.165, 1.54) is 23.9 Å². The fraction of sp³-hybridized carbons (Fsp3) is 0.0870. The molecule has 12 heteroatoms. The molecule has 4 aromatic rings. The molecule has 0 fully saturated rings. The molecule has 4 rings (SSSR count). The molecule has 0 unspecified atom stereocenters. The van der Waals surface area contributed by atoms with E-state index in [1.54, 1.807) is 34.9 Å². The number of carbonyl (C=O) groups is 1. The van der Waals surface area contributed by atoms with E-state index in [1.807, 2.05) is 30.3 Å². The first-order chi connectivity index (χ1) is 16.9. The Morgan fingerprint density at radius 3 is 2.43 bits per heavy atom. The summed E-state index contributed by atoms with van der Waals surface area (Å²) in [4.78, 5) is 23.0. The lowest BCUT2D eigenvalue weighted by Crippen LogP contribution is -2.29. The highest BCUT2D eigenvalue weighted by molar-refractivity contribution is 7.98. The minimum atomic E-state index is -0.472. The van der Waals surface area contributed by atoms with Gasteiger partial charge in [-0.15, -0.1) is 10.2 Å². The predicted molar refractivity (Wildman–Crippen MR) is 136 cm³/mol. The number of nitrogens with zero attached hydrogens (tertiary/aromatic N) is 4. The lowest BCUT2D eigenvalue weighted by atomic mass is 10.2. The molecular weight excluding hydrogens is 511 g/mol. The van der Waals surface area contributed by atoms with Gasteiger partial charge in [0.25, 0.3) is 5.69 Å². The van der Waals surface area contributed by atoms with Gasteiger partial charge in [0.1, 0.15) is 0 Å². The standard InChI is InChI=1S/C23H18Cl2N6O3S/c24-19-11-6-16(12-20(19)25)27-22(32)26-13-21-28-29-23(35-14-15-4-2-1-3-5-15)30(21)17-7-9-18(10-8-17)31(33)34/h1-12H,13-14H2,(H2,26,27,32). The summed E-state index contributed by atoms with van der Waals surface area (Å²) in [6, 6.07) is 20.2. The van der Waals surface area contributed by atoms with Crippen molar-refractivity contribution in [2.24, 2.45) is 0 Å². The Hall–Kier alpha value is -3.60. The number of hydrogen-bond donors (Lipinski definition) is 2. The number of urea groups is 1. The second-order valence-electron chi connectivity index (χ2n) is 7.22. The quantitative estimate of drug-likeness (QED) is 0.162. The van der Waals surface area contributed by atoms with Gasteiger partial charge < -0.3 is 10.6 Å². The zero-order valence-corrected chi connectivity index (χ0v) is 20.3. The molecule has 0 aliphatic heterocycles. The van der Waals surface area contributed by atoms with Crippen LogP contribution in [0.5, 0.6) is 0 Å². The number of benzene rings is 3. The first-order valence-corrected chi connectivity index (χ1v) is 12.0. The Balaban J connectivity index is 1.53. The van der Waals surface area contributed by atoms with Crippen LogP contribution in [0, 0.1) is 10.1 Å². The molecule has 178 valence electrons. The molecule has 0 aliphatic carbocycles. The third kappa shape index (κ3) is 6.30. The van der Waals surface area contributed by atoms with Gasteiger partial charge in [0, 0.05) is 29.3 Å². The zero-order chi connectivity index (χ0) is 24.8. The van der Waals surface area contributed by atoms with Gasteiger partial charge in [0.05, 0.1) is 21.5 Å². The summed E-state index contributed by atoms with van der Waals surface area (Å²) in [5.41, 5.74) is 2.20. The molecule has 0 radical (unpaired) electrons. The summed E-state index contributed by atoms with van der Waals surface area (Å²) >= 11 is 13.4. The first-order valence-electron chi connectivity index (χ1n) is 10.3. The van der Waals surface area contributed by atoms with Gasteiger partial charge in [-0.25, -0.2) is 4.79 Å². The van der Waals surface area contributed by atoms with Crippen molar-refractivity contribution in [3.05, 3.63) is 104 Å². The lowest BCUT2D eigenvalue weighted by Gasteiger charge is -2.12. The maximum absolute atomic E-state index is 12.4. The fourth-order valence-corrected chi connectivity index (χ4v) is 4.35. The molecule has 0 saturated carbocycles. The van der Waals surface area contributed by atoms with Crippen LogP contribution in [0.2, 0.25) is 10.0 Å². The molecule has 1 heterocycles. The average Bonchev–Trinajstić information content (AvgIpc) is 3.27. The highest BCUT2D eigenvalue weighted by atomic mass is 35.5. The van der Waals surface area contributed by atoms with Crippen molar-refractivity contribution >= 4 is 52.4 Å². The first kappa shape index (κ1) is 24.5. The number of halogens is 2. The predicted octanol–water partition coefficient (Wildman–Crippen LogP) is 6.10. The van der Waals surface area contributed by atoms with Crippen LogP contribution in [0.1, 0.15) is 11.4 Å². The van der Waals surface area contributed by atoms with Crippen LogP contribution in [0.15, 0.2) is 78.0 Å². The summed E-state index contributed by atoms with van der Waals surface area (Å²) in [6.07, 6.45) is 0. The van der Waals surface area contributed by atoms with Crippen LogP contribution >= 0.6 is 35.0 Å². The van der Waals surface area contributed by atoms with Gasteiger partial charge in [-0.3, -0.25) is 14.7 Å². The van der Waals surface area contributed by atoms with Crippen molar-refractivity contribution in [3.63, 3.8) is 0 Å². The molecule has 2 amide bonds. The largest absolute Gasteiger partial charge is 0.331 e. The van der Waals surface area contributed by atoms with Crippen LogP contribution in [-0.4, -0.2) is 25.7 Å². The van der Waals surface area contributed by atoms with E-state index < -0.39 is 11.0 Å². The average molecular weight is 529 g/mol. The second-order valence-corrected chi connectivity index (χ2v) is 8.98. The third-order valence-corrected chi connectivity index (χ3v) is 6.55. The van der Waals surface area contributed by atoms with Crippen LogP contribution in [0.3, 0.4) is 0 Å². The number of non-ortho nitro benzene ring substituents is 1. The summed E-state index contributed by atoms with van der Waals surface area (Å²) in [7, 11) is 0. The molecule has 0 spiro atoms. The number of carbonyl (C=O) groups excluding carboxylic acids is 1. The molecule has 0 saturated heterocycles. The summed E-state index contributed by atoms with van der Waals surface area (Å²) in [5.74, 6) is 1.11. The Morgan fingerprint density at radius 2 is 1.74 bits per heavy atom. The fourth-order valence-electron chi connectivity index (χ4n) is 3.12. The van der Waals surface area contributed by atoms with Gasteiger partial charge in [0.2, 0.25) is 0 Å². The minimum absolute atomic E-state index is 0.0269. The number of hydrogen-bond acceptors (Lipinski definition) is 6. The van der Waals surface area contributed by atoms with Gasteiger partial charge in [-0.2, -0.15) is 0 Å². The van der Waals surface area contributed by atoms with Gasteiger partial charge in [0.15, 0.2) is 11.0 Å². The normalized spacial score (nSPS) is 10.7. The molecule has 0 aliphatic rings. The minimum Gasteiger partial charge on any atom is -0.331 e. The number of rotatable bonds is 8. The van der Waals surface area contributed by atoms with Crippen molar-refractivity contribution in [3.8, 4) is 5.69 Å². The van der Waals surface area contributed by atoms with Crippen molar-refractivity contribution in [1.29, 1.82) is 0 Å². The Bertz CT molecular complexity index is 1350. The molecule has 9 nitrogen and oxygen atoms in total. The lowest BCUT2D eigenvalue weighted by molar-refractivity contribution is -0.384. The maximum Gasteiger partial charge on any atom is 0.319 e. The van der Waals surface area contributed by atoms with E-state index in [2.05, 4.69) is 20.8 Å². The third-order valence-electron chi connectivity index (χ3n) is 4.81. The molecular formula is C23H18Cl2N6O3S. The Morgan fingerprint density at radius 1 is 1.00 bits per heavy atom. The van der Waals surface area contributed by atoms with Crippen LogP contribution in [0.4, 0.5) is 16.2 Å². The van der Waals surface area contributed by atoms with Gasteiger partial charge in [-0.1, -0.05) is 65.3 Å². The highest BCUT2D eigenvalue weighted by Crippen LogP contribution is 2.27. The molecule has 35 heavy (non-hydrogen) atoms. The van der Waals surface area contributed by atoms with Crippen LogP contribution in [-0.2, 0) is 12.3 Å². The number of nitrogens with one attached hydrogen (secondary N) is 2. The molecule has 3 aromatic carbocycles. The zero-order valence-electron chi connectivity index (χ0n) is 18.0. The summed E-state index contributed by atoms with van der Waals surface area (Å²) in [6.45, 7) is 0.0586. The molecule has 2 N–H and O–H groups in total. The van der Waals surface area contributed by atoms with Crippen molar-refractivity contribution in [1.82, 2.24) is 20.1 Å². The Labute approximate surface area is 214 Å². The number of amides is 2. The van der Waals surface area contributed by atoms with E-state index in [4.69, 9.17) is 23.2 Å². The second kappa shape index (κ2) is 11.2. The molecule has 0 atom stereocenters. The van der Waals surface area contributed by atoms with Crippen molar-refractivity contribution < 1.29 is 9.72 Å². The van der Waals surface area contributed by atoms with E-state index in [0.29, 0.717) is 38.2 Å². The van der Waals surface area contributed by atoms with Gasteiger partial charge >= 0.3 is 6.03 Å². The van der Waals surface area contributed by atoms with Gasteiger partial charge in [-0.05, 0) is 35.9 Å². The smallest absolute Gasteiger partial charge is 0.319 e. The number of thioether (sulfide) groups is 1. The van der Waals surface area contributed by atoms with E-state index >= 15 is 0 Å². The summed E-state index contributed by atoms with van der Waals surface area (Å²) < 4.78 is 1.76.